The smallest absolute Gasteiger partial charge is 0.245 e. The highest BCUT2D eigenvalue weighted by atomic mass is 16.2. The van der Waals surface area contributed by atoms with Crippen LogP contribution in [-0.4, -0.2) is 29.9 Å². The second-order valence-corrected chi connectivity index (χ2v) is 8.20. The molecule has 0 spiro atoms. The number of nitrogens with one attached hydrogen (secondary N) is 1. The van der Waals surface area contributed by atoms with Crippen LogP contribution in [0.1, 0.15) is 41.9 Å². The van der Waals surface area contributed by atoms with E-state index >= 15 is 0 Å². The maximum Gasteiger partial charge on any atom is 0.245 e. The minimum Gasteiger partial charge on any atom is -0.374 e. The number of carbonyl (C=O) groups excluding carboxylic acids is 1. The van der Waals surface area contributed by atoms with Crippen LogP contribution in [0.3, 0.4) is 0 Å². The largest absolute Gasteiger partial charge is 0.374 e. The highest BCUT2D eigenvalue weighted by molar-refractivity contribution is 5.85. The molecular formula is C27H30N2O. The standard InChI is InChI=1S/C27H30N2O/c1-21-14-16-24(17-15-21)28-26(27(30)29-18-8-9-19-29)20-25(22-10-4-2-5-11-22)23-12-6-3-7-13-23/h2-7,10-17,25-26,28H,8-9,18-20H2,1H3. The molecule has 1 N–H and O–H groups in total. The zero-order chi connectivity index (χ0) is 20.8. The Morgan fingerprint density at radius 2 is 1.37 bits per heavy atom. The van der Waals surface area contributed by atoms with E-state index in [0.29, 0.717) is 0 Å². The Kier molecular flexibility index (Phi) is 6.48. The third kappa shape index (κ3) is 4.91. The van der Waals surface area contributed by atoms with E-state index in [1.165, 1.54) is 16.7 Å². The summed E-state index contributed by atoms with van der Waals surface area (Å²) >= 11 is 0. The molecule has 1 fully saturated rings. The van der Waals surface area contributed by atoms with Crippen molar-refractivity contribution in [2.45, 2.75) is 38.1 Å². The summed E-state index contributed by atoms with van der Waals surface area (Å²) < 4.78 is 0. The second-order valence-electron chi connectivity index (χ2n) is 8.20. The van der Waals surface area contributed by atoms with Crippen LogP contribution < -0.4 is 5.32 Å². The van der Waals surface area contributed by atoms with Gasteiger partial charge in [0.2, 0.25) is 5.91 Å². The van der Waals surface area contributed by atoms with Crippen molar-refractivity contribution in [1.29, 1.82) is 0 Å². The zero-order valence-corrected chi connectivity index (χ0v) is 17.6. The molecule has 154 valence electrons. The molecule has 1 amide bonds. The van der Waals surface area contributed by atoms with Gasteiger partial charge in [-0.05, 0) is 49.4 Å². The van der Waals surface area contributed by atoms with Crippen molar-refractivity contribution < 1.29 is 4.79 Å². The van der Waals surface area contributed by atoms with E-state index in [-0.39, 0.29) is 17.9 Å². The lowest BCUT2D eigenvalue weighted by Crippen LogP contribution is -2.42. The molecule has 0 radical (unpaired) electrons. The van der Waals surface area contributed by atoms with Crippen LogP contribution >= 0.6 is 0 Å². The summed E-state index contributed by atoms with van der Waals surface area (Å²) in [6.07, 6.45) is 2.92. The van der Waals surface area contributed by atoms with Gasteiger partial charge in [-0.3, -0.25) is 4.79 Å². The summed E-state index contributed by atoms with van der Waals surface area (Å²) in [5, 5.41) is 3.56. The van der Waals surface area contributed by atoms with Crippen LogP contribution in [0, 0.1) is 6.92 Å². The van der Waals surface area contributed by atoms with Gasteiger partial charge in [-0.1, -0.05) is 78.4 Å². The van der Waals surface area contributed by atoms with Crippen molar-refractivity contribution in [1.82, 2.24) is 4.90 Å². The summed E-state index contributed by atoms with van der Waals surface area (Å²) in [5.41, 5.74) is 4.70. The van der Waals surface area contributed by atoms with Gasteiger partial charge >= 0.3 is 0 Å². The number of rotatable bonds is 7. The quantitative estimate of drug-likeness (QED) is 0.560. The van der Waals surface area contributed by atoms with Crippen molar-refractivity contribution in [2.24, 2.45) is 0 Å². The Morgan fingerprint density at radius 1 is 0.833 bits per heavy atom. The van der Waals surface area contributed by atoms with Crippen molar-refractivity contribution in [3.63, 3.8) is 0 Å². The molecule has 0 aliphatic carbocycles. The topological polar surface area (TPSA) is 32.3 Å². The van der Waals surface area contributed by atoms with Gasteiger partial charge in [-0.2, -0.15) is 0 Å². The third-order valence-corrected chi connectivity index (χ3v) is 5.98. The molecule has 0 bridgehead atoms. The number of anilines is 1. The lowest BCUT2D eigenvalue weighted by molar-refractivity contribution is -0.131. The first-order valence-corrected chi connectivity index (χ1v) is 10.9. The number of benzene rings is 3. The Morgan fingerprint density at radius 3 is 1.90 bits per heavy atom. The normalized spacial score (nSPS) is 14.7. The second kappa shape index (κ2) is 9.62. The number of amides is 1. The number of hydrogen-bond acceptors (Lipinski definition) is 2. The summed E-state index contributed by atoms with van der Waals surface area (Å²) in [5.74, 6) is 0.367. The summed E-state index contributed by atoms with van der Waals surface area (Å²) in [4.78, 5) is 15.5. The molecule has 1 saturated heterocycles. The van der Waals surface area contributed by atoms with Crippen LogP contribution in [0.4, 0.5) is 5.69 Å². The predicted molar refractivity (Wildman–Crippen MR) is 124 cm³/mol. The molecular weight excluding hydrogens is 368 g/mol. The first-order valence-electron chi connectivity index (χ1n) is 10.9. The average Bonchev–Trinajstić information content (AvgIpc) is 3.34. The maximum atomic E-state index is 13.5. The van der Waals surface area contributed by atoms with Crippen LogP contribution in [0.25, 0.3) is 0 Å². The van der Waals surface area contributed by atoms with Crippen LogP contribution in [-0.2, 0) is 4.79 Å². The highest BCUT2D eigenvalue weighted by Crippen LogP contribution is 2.31. The fraction of sp³-hybridized carbons (Fsp3) is 0.296. The number of aryl methyl sites for hydroxylation is 1. The molecule has 0 saturated carbocycles. The molecule has 30 heavy (non-hydrogen) atoms. The fourth-order valence-electron chi connectivity index (χ4n) is 4.30. The van der Waals surface area contributed by atoms with Crippen LogP contribution in [0.5, 0.6) is 0 Å². The average molecular weight is 399 g/mol. The maximum absolute atomic E-state index is 13.5. The lowest BCUT2D eigenvalue weighted by atomic mass is 9.85. The van der Waals surface area contributed by atoms with Gasteiger partial charge in [0.1, 0.15) is 6.04 Å². The molecule has 1 aliphatic rings. The van der Waals surface area contributed by atoms with Gasteiger partial charge in [0, 0.05) is 24.7 Å². The van der Waals surface area contributed by atoms with E-state index in [9.17, 15) is 4.79 Å². The monoisotopic (exact) mass is 398 g/mol. The SMILES string of the molecule is Cc1ccc(NC(CC(c2ccccc2)c2ccccc2)C(=O)N2CCCC2)cc1. The van der Waals surface area contributed by atoms with Gasteiger partial charge in [0.05, 0.1) is 0 Å². The molecule has 3 aromatic rings. The Balaban J connectivity index is 1.65. The van der Waals surface area contributed by atoms with Crippen molar-refractivity contribution in [3.8, 4) is 0 Å². The third-order valence-electron chi connectivity index (χ3n) is 5.98. The van der Waals surface area contributed by atoms with E-state index in [1.807, 2.05) is 17.0 Å². The number of hydrogen-bond donors (Lipinski definition) is 1. The minimum absolute atomic E-state index is 0.155. The Labute approximate surface area is 179 Å². The number of likely N-dealkylation sites (tertiary alicyclic amines) is 1. The molecule has 3 nitrogen and oxygen atoms in total. The first kappa shape index (κ1) is 20.2. The van der Waals surface area contributed by atoms with E-state index in [0.717, 1.165) is 38.0 Å². The van der Waals surface area contributed by atoms with Crippen molar-refractivity contribution in [2.75, 3.05) is 18.4 Å². The van der Waals surface area contributed by atoms with Gasteiger partial charge in [0.15, 0.2) is 0 Å². The number of nitrogens with zero attached hydrogens (tertiary/aromatic N) is 1. The highest BCUT2D eigenvalue weighted by Gasteiger charge is 2.30. The minimum atomic E-state index is -0.267. The molecule has 1 atom stereocenters. The van der Waals surface area contributed by atoms with Crippen LogP contribution in [0.15, 0.2) is 84.9 Å². The van der Waals surface area contributed by atoms with E-state index in [1.54, 1.807) is 0 Å². The Hall–Kier alpha value is -3.07. The first-order chi connectivity index (χ1) is 14.7. The molecule has 3 aromatic carbocycles. The molecule has 1 aliphatic heterocycles. The fourth-order valence-corrected chi connectivity index (χ4v) is 4.30. The molecule has 1 unspecified atom stereocenters. The van der Waals surface area contributed by atoms with E-state index in [2.05, 4.69) is 85.0 Å². The van der Waals surface area contributed by atoms with Gasteiger partial charge < -0.3 is 10.2 Å². The lowest BCUT2D eigenvalue weighted by Gasteiger charge is -2.29. The summed E-state index contributed by atoms with van der Waals surface area (Å²) in [6.45, 7) is 3.82. The summed E-state index contributed by atoms with van der Waals surface area (Å²) in [6, 6.07) is 29.1. The van der Waals surface area contributed by atoms with Crippen molar-refractivity contribution in [3.05, 3.63) is 102 Å². The van der Waals surface area contributed by atoms with E-state index in [4.69, 9.17) is 0 Å². The van der Waals surface area contributed by atoms with Gasteiger partial charge in [-0.25, -0.2) is 0 Å². The molecule has 4 rings (SSSR count). The van der Waals surface area contributed by atoms with Gasteiger partial charge in [-0.15, -0.1) is 0 Å². The van der Waals surface area contributed by atoms with Gasteiger partial charge in [0.25, 0.3) is 0 Å². The summed E-state index contributed by atoms with van der Waals surface area (Å²) in [7, 11) is 0. The molecule has 0 aromatic heterocycles. The van der Waals surface area contributed by atoms with Crippen LogP contribution in [0.2, 0.25) is 0 Å². The molecule has 1 heterocycles. The van der Waals surface area contributed by atoms with Crippen molar-refractivity contribution >= 4 is 11.6 Å². The van der Waals surface area contributed by atoms with E-state index < -0.39 is 0 Å². The Bertz CT molecular complexity index is 892. The zero-order valence-electron chi connectivity index (χ0n) is 17.6. The molecule has 3 heteroatoms. The predicted octanol–water partition coefficient (Wildman–Crippen LogP) is 5.62. The number of carbonyl (C=O) groups is 1.